The Morgan fingerprint density at radius 3 is 2.21 bits per heavy atom. The monoisotopic (exact) mass is 362 g/mol. The highest BCUT2D eigenvalue weighted by molar-refractivity contribution is 7.98. The predicted molar refractivity (Wildman–Crippen MR) is 98.9 cm³/mol. The lowest BCUT2D eigenvalue weighted by molar-refractivity contribution is -0.385. The summed E-state index contributed by atoms with van der Waals surface area (Å²) in [6.07, 6.45) is 3.87. The minimum atomic E-state index is -0.515. The fraction of sp³-hybridized carbons (Fsp3) is 0.235. The van der Waals surface area contributed by atoms with Gasteiger partial charge in [-0.25, -0.2) is 0 Å². The van der Waals surface area contributed by atoms with Crippen LogP contribution in [-0.4, -0.2) is 35.3 Å². The maximum absolute atomic E-state index is 12.7. The lowest BCUT2D eigenvalue weighted by Gasteiger charge is -2.18. The van der Waals surface area contributed by atoms with Crippen molar-refractivity contribution < 1.29 is 9.72 Å². The Morgan fingerprint density at radius 2 is 1.67 bits per heavy atom. The van der Waals surface area contributed by atoms with Gasteiger partial charge in [-0.2, -0.15) is 0 Å². The van der Waals surface area contributed by atoms with E-state index in [0.717, 1.165) is 15.4 Å². The zero-order valence-electron chi connectivity index (χ0n) is 13.7. The summed E-state index contributed by atoms with van der Waals surface area (Å²) in [5, 5.41) is 11.2. The molecule has 24 heavy (non-hydrogen) atoms. The SMILES string of the molecule is CSc1ccc(CN(C)C(=O)c2cc(SC)ccc2[N+](=O)[O-])cc1. The molecule has 0 fully saturated rings. The molecule has 0 N–H and O–H groups in total. The molecule has 0 heterocycles. The number of nitrogens with zero attached hydrogens (tertiary/aromatic N) is 2. The molecule has 1 amide bonds. The van der Waals surface area contributed by atoms with Gasteiger partial charge in [0.05, 0.1) is 4.92 Å². The van der Waals surface area contributed by atoms with Gasteiger partial charge in [0.15, 0.2) is 0 Å². The highest BCUT2D eigenvalue weighted by atomic mass is 32.2. The van der Waals surface area contributed by atoms with E-state index in [0.29, 0.717) is 6.54 Å². The summed E-state index contributed by atoms with van der Waals surface area (Å²) in [5.41, 5.74) is 0.935. The zero-order chi connectivity index (χ0) is 17.7. The molecule has 2 rings (SSSR count). The van der Waals surface area contributed by atoms with Gasteiger partial charge < -0.3 is 4.90 Å². The van der Waals surface area contributed by atoms with E-state index < -0.39 is 4.92 Å². The van der Waals surface area contributed by atoms with Crippen molar-refractivity contribution in [3.63, 3.8) is 0 Å². The molecule has 0 aliphatic heterocycles. The molecular weight excluding hydrogens is 344 g/mol. The van der Waals surface area contributed by atoms with E-state index in [4.69, 9.17) is 0 Å². The third kappa shape index (κ3) is 4.30. The van der Waals surface area contributed by atoms with E-state index in [2.05, 4.69) is 0 Å². The van der Waals surface area contributed by atoms with Crippen LogP contribution in [0.5, 0.6) is 0 Å². The lowest BCUT2D eigenvalue weighted by atomic mass is 10.1. The molecule has 0 aliphatic rings. The van der Waals surface area contributed by atoms with E-state index in [1.165, 1.54) is 22.7 Å². The van der Waals surface area contributed by atoms with Crippen LogP contribution in [0.25, 0.3) is 0 Å². The molecule has 5 nitrogen and oxygen atoms in total. The number of benzene rings is 2. The Balaban J connectivity index is 2.24. The maximum Gasteiger partial charge on any atom is 0.282 e. The Kier molecular flexibility index (Phi) is 6.28. The van der Waals surface area contributed by atoms with Crippen LogP contribution in [0.4, 0.5) is 5.69 Å². The van der Waals surface area contributed by atoms with Crippen LogP contribution in [0.3, 0.4) is 0 Å². The van der Waals surface area contributed by atoms with Crippen molar-refractivity contribution in [1.82, 2.24) is 4.90 Å². The Labute approximate surface area is 149 Å². The maximum atomic E-state index is 12.7. The molecule has 0 atom stereocenters. The summed E-state index contributed by atoms with van der Waals surface area (Å²) in [4.78, 5) is 26.8. The lowest BCUT2D eigenvalue weighted by Crippen LogP contribution is -2.27. The molecule has 0 spiro atoms. The van der Waals surface area contributed by atoms with E-state index >= 15 is 0 Å². The largest absolute Gasteiger partial charge is 0.337 e. The first-order chi connectivity index (χ1) is 11.5. The van der Waals surface area contributed by atoms with Crippen molar-refractivity contribution in [3.8, 4) is 0 Å². The van der Waals surface area contributed by atoms with Gasteiger partial charge in [-0.1, -0.05) is 12.1 Å². The van der Waals surface area contributed by atoms with Crippen LogP contribution in [-0.2, 0) is 6.54 Å². The average molecular weight is 362 g/mol. The second kappa shape index (κ2) is 8.21. The van der Waals surface area contributed by atoms with Crippen LogP contribution in [0.2, 0.25) is 0 Å². The Morgan fingerprint density at radius 1 is 1.08 bits per heavy atom. The van der Waals surface area contributed by atoms with Crippen molar-refractivity contribution in [1.29, 1.82) is 0 Å². The van der Waals surface area contributed by atoms with Crippen molar-refractivity contribution in [2.24, 2.45) is 0 Å². The van der Waals surface area contributed by atoms with Crippen molar-refractivity contribution in [3.05, 3.63) is 63.7 Å². The first-order valence-electron chi connectivity index (χ1n) is 7.17. The van der Waals surface area contributed by atoms with Crippen LogP contribution < -0.4 is 0 Å². The highest BCUT2D eigenvalue weighted by Gasteiger charge is 2.23. The smallest absolute Gasteiger partial charge is 0.282 e. The third-order valence-electron chi connectivity index (χ3n) is 3.56. The third-order valence-corrected chi connectivity index (χ3v) is 5.03. The van der Waals surface area contributed by atoms with Crippen LogP contribution in [0.1, 0.15) is 15.9 Å². The molecule has 0 bridgehead atoms. The van der Waals surface area contributed by atoms with Crippen LogP contribution >= 0.6 is 23.5 Å². The average Bonchev–Trinajstić information content (AvgIpc) is 2.60. The number of carbonyl (C=O) groups is 1. The first kappa shape index (κ1) is 18.4. The highest BCUT2D eigenvalue weighted by Crippen LogP contribution is 2.26. The molecule has 2 aromatic rings. The fourth-order valence-electron chi connectivity index (χ4n) is 2.25. The number of thioether (sulfide) groups is 2. The Bertz CT molecular complexity index is 748. The molecular formula is C17H18N2O3S2. The molecule has 0 radical (unpaired) electrons. The quantitative estimate of drug-likeness (QED) is 0.435. The van der Waals surface area contributed by atoms with Gasteiger partial charge in [0.2, 0.25) is 0 Å². The van der Waals surface area contributed by atoms with E-state index in [1.807, 2.05) is 36.8 Å². The Hall–Kier alpha value is -1.99. The molecule has 0 unspecified atom stereocenters. The summed E-state index contributed by atoms with van der Waals surface area (Å²) >= 11 is 3.10. The van der Waals surface area contributed by atoms with E-state index in [-0.39, 0.29) is 17.2 Å². The molecule has 0 saturated carbocycles. The number of hydrogen-bond donors (Lipinski definition) is 0. The van der Waals surface area contributed by atoms with Crippen molar-refractivity contribution >= 4 is 35.1 Å². The van der Waals surface area contributed by atoms with Gasteiger partial charge >= 0.3 is 0 Å². The summed E-state index contributed by atoms with van der Waals surface area (Å²) < 4.78 is 0. The summed E-state index contributed by atoms with van der Waals surface area (Å²) in [5.74, 6) is -0.355. The minimum Gasteiger partial charge on any atom is -0.337 e. The van der Waals surface area contributed by atoms with E-state index in [9.17, 15) is 14.9 Å². The van der Waals surface area contributed by atoms with Gasteiger partial charge in [0.25, 0.3) is 11.6 Å². The van der Waals surface area contributed by atoms with Crippen LogP contribution in [0.15, 0.2) is 52.3 Å². The second-order valence-corrected chi connectivity index (χ2v) is 6.91. The second-order valence-electron chi connectivity index (χ2n) is 5.15. The summed E-state index contributed by atoms with van der Waals surface area (Å²) in [6, 6.07) is 12.5. The number of hydrogen-bond acceptors (Lipinski definition) is 5. The molecule has 2 aromatic carbocycles. The standard InChI is InChI=1S/C17H18N2O3S2/c1-18(11-12-4-6-13(23-2)7-5-12)17(20)15-10-14(24-3)8-9-16(15)19(21)22/h4-10H,11H2,1-3H3. The topological polar surface area (TPSA) is 63.5 Å². The predicted octanol–water partition coefficient (Wildman–Crippen LogP) is 4.31. The van der Waals surface area contributed by atoms with Gasteiger partial charge in [-0.05, 0) is 42.3 Å². The van der Waals surface area contributed by atoms with Gasteiger partial charge in [-0.15, -0.1) is 23.5 Å². The number of carbonyl (C=O) groups excluding carboxylic acids is 1. The minimum absolute atomic E-state index is 0.120. The zero-order valence-corrected chi connectivity index (χ0v) is 15.3. The number of amides is 1. The van der Waals surface area contributed by atoms with Gasteiger partial charge in [0.1, 0.15) is 5.56 Å². The van der Waals surface area contributed by atoms with Crippen molar-refractivity contribution in [2.75, 3.05) is 19.6 Å². The van der Waals surface area contributed by atoms with E-state index in [1.54, 1.807) is 30.9 Å². The van der Waals surface area contributed by atoms with Gasteiger partial charge in [0, 0.05) is 29.4 Å². The number of rotatable bonds is 6. The molecule has 0 saturated heterocycles. The summed E-state index contributed by atoms with van der Waals surface area (Å²) in [7, 11) is 1.65. The number of nitro groups is 1. The van der Waals surface area contributed by atoms with Crippen molar-refractivity contribution in [2.45, 2.75) is 16.3 Å². The number of nitro benzene ring substituents is 1. The first-order valence-corrected chi connectivity index (χ1v) is 9.62. The molecule has 0 aromatic heterocycles. The molecule has 126 valence electrons. The fourth-order valence-corrected chi connectivity index (χ4v) is 3.10. The van der Waals surface area contributed by atoms with Gasteiger partial charge in [-0.3, -0.25) is 14.9 Å². The van der Waals surface area contributed by atoms with Crippen LogP contribution in [0, 0.1) is 10.1 Å². The normalized spacial score (nSPS) is 10.5. The molecule has 7 heteroatoms. The molecule has 0 aliphatic carbocycles. The summed E-state index contributed by atoms with van der Waals surface area (Å²) in [6.45, 7) is 0.397.